The van der Waals surface area contributed by atoms with Crippen molar-refractivity contribution in [2.24, 2.45) is 7.05 Å². The Kier molecular flexibility index (Phi) is 4.35. The fourth-order valence-electron chi connectivity index (χ4n) is 2.74. The van der Waals surface area contributed by atoms with E-state index in [1.54, 1.807) is 6.33 Å². The van der Waals surface area contributed by atoms with Crippen LogP contribution in [0.2, 0.25) is 0 Å². The molecule has 1 aromatic heterocycles. The molecular formula is C13H25N5. The number of hydrogen-bond donors (Lipinski definition) is 1. The molecule has 0 aromatic carbocycles. The Morgan fingerprint density at radius 2 is 2.17 bits per heavy atom. The average molecular weight is 251 g/mol. The predicted octanol–water partition coefficient (Wildman–Crippen LogP) is 1.17. The summed E-state index contributed by atoms with van der Waals surface area (Å²) in [6.07, 6.45) is 5.20. The minimum absolute atomic E-state index is 0.273. The van der Waals surface area contributed by atoms with Crippen molar-refractivity contribution >= 4 is 0 Å². The van der Waals surface area contributed by atoms with Gasteiger partial charge in [0.25, 0.3) is 0 Å². The minimum Gasteiger partial charge on any atom is -0.310 e. The van der Waals surface area contributed by atoms with E-state index in [9.17, 15) is 0 Å². The second-order valence-corrected chi connectivity index (χ2v) is 5.28. The van der Waals surface area contributed by atoms with E-state index in [1.165, 1.54) is 19.3 Å². The molecule has 5 nitrogen and oxygen atoms in total. The summed E-state index contributed by atoms with van der Waals surface area (Å²) in [6, 6.07) is 0. The smallest absolute Gasteiger partial charge is 0.140 e. The van der Waals surface area contributed by atoms with E-state index in [0.29, 0.717) is 0 Å². The number of nitrogens with zero attached hydrogens (tertiary/aromatic N) is 4. The molecule has 0 bridgehead atoms. The van der Waals surface area contributed by atoms with Gasteiger partial charge in [0.15, 0.2) is 0 Å². The van der Waals surface area contributed by atoms with Crippen molar-refractivity contribution in [3.63, 3.8) is 0 Å². The molecule has 0 saturated carbocycles. The largest absolute Gasteiger partial charge is 0.310 e. The van der Waals surface area contributed by atoms with Gasteiger partial charge in [0.2, 0.25) is 0 Å². The third-order valence-corrected chi connectivity index (χ3v) is 4.20. The molecule has 1 N–H and O–H groups in total. The van der Waals surface area contributed by atoms with Crippen LogP contribution in [0.3, 0.4) is 0 Å². The maximum absolute atomic E-state index is 4.33. The zero-order valence-electron chi connectivity index (χ0n) is 11.8. The van der Waals surface area contributed by atoms with Gasteiger partial charge in [-0.25, -0.2) is 4.98 Å². The summed E-state index contributed by atoms with van der Waals surface area (Å²) < 4.78 is 1.87. The number of rotatable bonds is 4. The molecule has 0 radical (unpaired) electrons. The van der Waals surface area contributed by atoms with Crippen molar-refractivity contribution in [2.75, 3.05) is 19.6 Å². The Morgan fingerprint density at radius 3 is 2.78 bits per heavy atom. The Morgan fingerprint density at radius 1 is 1.39 bits per heavy atom. The summed E-state index contributed by atoms with van der Waals surface area (Å²) in [4.78, 5) is 6.84. The summed E-state index contributed by atoms with van der Waals surface area (Å²) in [6.45, 7) is 8.83. The van der Waals surface area contributed by atoms with E-state index in [-0.39, 0.29) is 5.54 Å². The van der Waals surface area contributed by atoms with Gasteiger partial charge in [-0.05, 0) is 32.4 Å². The van der Waals surface area contributed by atoms with Crippen molar-refractivity contribution in [3.05, 3.63) is 12.2 Å². The molecule has 1 saturated heterocycles. The van der Waals surface area contributed by atoms with Crippen molar-refractivity contribution in [1.82, 2.24) is 25.0 Å². The lowest BCUT2D eigenvalue weighted by Gasteiger charge is -2.35. The second-order valence-electron chi connectivity index (χ2n) is 5.28. The van der Waals surface area contributed by atoms with E-state index in [4.69, 9.17) is 0 Å². The SMILES string of the molecule is CCC1(CC)CN(Cc2ncnn2C)CCCN1. The minimum atomic E-state index is 0.273. The van der Waals surface area contributed by atoms with E-state index in [1.807, 2.05) is 11.7 Å². The van der Waals surface area contributed by atoms with Gasteiger partial charge in [0.05, 0.1) is 6.54 Å². The number of hydrogen-bond acceptors (Lipinski definition) is 4. The molecule has 5 heteroatoms. The highest BCUT2D eigenvalue weighted by Crippen LogP contribution is 2.20. The molecule has 0 atom stereocenters. The van der Waals surface area contributed by atoms with Crippen molar-refractivity contribution < 1.29 is 0 Å². The summed E-state index contributed by atoms with van der Waals surface area (Å²) in [5.41, 5.74) is 0.273. The molecule has 102 valence electrons. The first-order valence-electron chi connectivity index (χ1n) is 6.99. The van der Waals surface area contributed by atoms with Gasteiger partial charge < -0.3 is 5.32 Å². The fraction of sp³-hybridized carbons (Fsp3) is 0.846. The highest BCUT2D eigenvalue weighted by atomic mass is 15.3. The van der Waals surface area contributed by atoms with Gasteiger partial charge in [-0.15, -0.1) is 0 Å². The zero-order valence-corrected chi connectivity index (χ0v) is 11.8. The molecule has 0 spiro atoms. The molecule has 2 heterocycles. The van der Waals surface area contributed by atoms with Crippen LogP contribution >= 0.6 is 0 Å². The topological polar surface area (TPSA) is 46.0 Å². The van der Waals surface area contributed by atoms with Crippen molar-refractivity contribution in [1.29, 1.82) is 0 Å². The normalized spacial score (nSPS) is 20.8. The number of aromatic nitrogens is 3. The van der Waals surface area contributed by atoms with Crippen LogP contribution in [0.15, 0.2) is 6.33 Å². The van der Waals surface area contributed by atoms with Crippen LogP contribution in [0.25, 0.3) is 0 Å². The van der Waals surface area contributed by atoms with Gasteiger partial charge in [0, 0.05) is 19.1 Å². The Bertz CT molecular complexity index is 369. The monoisotopic (exact) mass is 251 g/mol. The van der Waals surface area contributed by atoms with Gasteiger partial charge in [-0.2, -0.15) is 5.10 Å². The predicted molar refractivity (Wildman–Crippen MR) is 72.2 cm³/mol. The molecule has 18 heavy (non-hydrogen) atoms. The third kappa shape index (κ3) is 2.90. The quantitative estimate of drug-likeness (QED) is 0.872. The molecule has 0 unspecified atom stereocenters. The van der Waals surface area contributed by atoms with E-state index in [2.05, 4.69) is 34.1 Å². The van der Waals surface area contributed by atoms with Crippen LogP contribution in [-0.2, 0) is 13.6 Å². The number of nitrogens with one attached hydrogen (secondary N) is 1. The molecule has 2 rings (SSSR count). The standard InChI is InChI=1S/C13H25N5/c1-4-13(5-2)10-18(8-6-7-15-13)9-12-14-11-16-17(12)3/h11,15H,4-10H2,1-3H3. The van der Waals surface area contributed by atoms with Crippen LogP contribution in [0.5, 0.6) is 0 Å². The first kappa shape index (κ1) is 13.5. The van der Waals surface area contributed by atoms with Gasteiger partial charge in [0.1, 0.15) is 12.2 Å². The summed E-state index contributed by atoms with van der Waals surface area (Å²) in [5, 5.41) is 7.88. The molecule has 1 aliphatic heterocycles. The molecule has 1 aliphatic rings. The third-order valence-electron chi connectivity index (χ3n) is 4.20. The lowest BCUT2D eigenvalue weighted by molar-refractivity contribution is 0.186. The lowest BCUT2D eigenvalue weighted by Crippen LogP contribution is -2.50. The molecule has 1 aromatic rings. The molecule has 0 aliphatic carbocycles. The maximum atomic E-state index is 4.33. The first-order valence-corrected chi connectivity index (χ1v) is 6.99. The zero-order chi connectivity index (χ0) is 13.0. The highest BCUT2D eigenvalue weighted by Gasteiger charge is 2.30. The van der Waals surface area contributed by atoms with Crippen LogP contribution < -0.4 is 5.32 Å². The number of aryl methyl sites for hydroxylation is 1. The van der Waals surface area contributed by atoms with Crippen LogP contribution in [0, 0.1) is 0 Å². The average Bonchev–Trinajstić information content (AvgIpc) is 2.67. The molecular weight excluding hydrogens is 226 g/mol. The van der Waals surface area contributed by atoms with Crippen molar-refractivity contribution in [2.45, 2.75) is 45.2 Å². The fourth-order valence-corrected chi connectivity index (χ4v) is 2.74. The van der Waals surface area contributed by atoms with Gasteiger partial charge >= 0.3 is 0 Å². The molecule has 1 fully saturated rings. The molecule has 0 amide bonds. The lowest BCUT2D eigenvalue weighted by atomic mass is 9.92. The summed E-state index contributed by atoms with van der Waals surface area (Å²) >= 11 is 0. The second kappa shape index (κ2) is 5.80. The van der Waals surface area contributed by atoms with Crippen LogP contribution in [0.4, 0.5) is 0 Å². The summed E-state index contributed by atoms with van der Waals surface area (Å²) in [5.74, 6) is 1.05. The highest BCUT2D eigenvalue weighted by molar-refractivity contribution is 4.93. The first-order chi connectivity index (χ1) is 8.69. The van der Waals surface area contributed by atoms with Crippen LogP contribution in [0.1, 0.15) is 38.9 Å². The van der Waals surface area contributed by atoms with Gasteiger partial charge in [-0.3, -0.25) is 9.58 Å². The summed E-state index contributed by atoms with van der Waals surface area (Å²) in [7, 11) is 1.96. The van der Waals surface area contributed by atoms with Crippen molar-refractivity contribution in [3.8, 4) is 0 Å². The van der Waals surface area contributed by atoms with E-state index < -0.39 is 0 Å². The Labute approximate surface area is 110 Å². The van der Waals surface area contributed by atoms with Gasteiger partial charge in [-0.1, -0.05) is 13.8 Å². The van der Waals surface area contributed by atoms with E-state index >= 15 is 0 Å². The van der Waals surface area contributed by atoms with E-state index in [0.717, 1.165) is 32.0 Å². The Hall–Kier alpha value is -0.940. The maximum Gasteiger partial charge on any atom is 0.140 e. The Balaban J connectivity index is 2.05. The van der Waals surface area contributed by atoms with Crippen LogP contribution in [-0.4, -0.2) is 44.8 Å².